The molecule has 45 heavy (non-hydrogen) atoms. The molecule has 3 saturated heterocycles. The predicted molar refractivity (Wildman–Crippen MR) is 186 cm³/mol. The van der Waals surface area contributed by atoms with Gasteiger partial charge in [-0.15, -0.1) is 0 Å². The lowest BCUT2D eigenvalue weighted by Crippen LogP contribution is -2.50. The van der Waals surface area contributed by atoms with Crippen molar-refractivity contribution in [1.29, 1.82) is 0 Å². The molecule has 5 heteroatoms. The number of anilines is 3. The Morgan fingerprint density at radius 1 is 0.511 bits per heavy atom. The zero-order valence-corrected chi connectivity index (χ0v) is 26.4. The first-order valence-electron chi connectivity index (χ1n) is 16.9. The molecule has 0 aromatic heterocycles. The molecule has 0 saturated carbocycles. The Kier molecular flexibility index (Phi) is 8.51. The number of benzene rings is 4. The van der Waals surface area contributed by atoms with Crippen molar-refractivity contribution in [2.45, 2.75) is 55.8 Å². The van der Waals surface area contributed by atoms with E-state index in [0.717, 1.165) is 57.7 Å². The first-order chi connectivity index (χ1) is 22.1. The molecule has 3 aliphatic rings. The molecule has 1 amide bonds. The number of piperidine rings is 3. The Morgan fingerprint density at radius 3 is 1.24 bits per heavy atom. The molecule has 232 valence electrons. The van der Waals surface area contributed by atoms with Gasteiger partial charge in [-0.1, -0.05) is 72.8 Å². The van der Waals surface area contributed by atoms with Crippen molar-refractivity contribution < 1.29 is 4.79 Å². The second-order valence-electron chi connectivity index (χ2n) is 13.3. The maximum Gasteiger partial charge on any atom is 0.228 e. The average molecular weight is 599 g/mol. The molecule has 5 nitrogen and oxygen atoms in total. The molecule has 0 spiro atoms. The van der Waals surface area contributed by atoms with Gasteiger partial charge < -0.3 is 20.4 Å². The average Bonchev–Trinajstić information content (AvgIpc) is 3.13. The molecule has 0 atom stereocenters. The van der Waals surface area contributed by atoms with Gasteiger partial charge in [-0.05, 0) is 103 Å². The number of carbonyl (C=O) groups is 1. The van der Waals surface area contributed by atoms with Crippen molar-refractivity contribution in [3.8, 4) is 0 Å². The second kappa shape index (κ2) is 13.0. The highest BCUT2D eigenvalue weighted by atomic mass is 16.1. The standard InChI is InChI=1S/C40H46N4O/c41-39(45)40(35-11-13-36(14-12-35)42-25-19-33(20-26-42)31-7-3-1-4-8-31)23-29-44(30-24-40)38-17-15-37(16-18-38)43-27-21-34(22-28-43)32-9-5-2-6-10-32/h1-18,33-34H,19-30H2,(H2,41,45). The number of hydrogen-bond donors (Lipinski definition) is 1. The Bertz CT molecular complexity index is 1530. The molecule has 0 radical (unpaired) electrons. The molecule has 0 bridgehead atoms. The minimum absolute atomic E-state index is 0.201. The number of amides is 1. The number of nitrogens with zero attached hydrogens (tertiary/aromatic N) is 3. The third kappa shape index (κ3) is 6.18. The van der Waals surface area contributed by atoms with E-state index in [2.05, 4.69) is 124 Å². The number of carbonyl (C=O) groups excluding carboxylic acids is 1. The molecule has 0 aliphatic carbocycles. The van der Waals surface area contributed by atoms with Crippen LogP contribution in [0.25, 0.3) is 0 Å². The summed E-state index contributed by atoms with van der Waals surface area (Å²) in [5.41, 5.74) is 13.3. The Balaban J connectivity index is 0.947. The molecule has 3 heterocycles. The number of rotatable bonds is 7. The quantitative estimate of drug-likeness (QED) is 0.240. The monoisotopic (exact) mass is 598 g/mol. The molecule has 3 fully saturated rings. The molecule has 4 aromatic carbocycles. The summed E-state index contributed by atoms with van der Waals surface area (Å²) in [7, 11) is 0. The van der Waals surface area contributed by atoms with Crippen LogP contribution in [0.3, 0.4) is 0 Å². The first-order valence-corrected chi connectivity index (χ1v) is 16.9. The molecular formula is C40H46N4O. The fourth-order valence-corrected chi connectivity index (χ4v) is 8.08. The Hall–Kier alpha value is -4.25. The molecule has 0 unspecified atom stereocenters. The zero-order chi connectivity index (χ0) is 30.6. The normalized spacial score (nSPS) is 19.4. The van der Waals surface area contributed by atoms with Gasteiger partial charge in [0.1, 0.15) is 0 Å². The van der Waals surface area contributed by atoms with E-state index in [1.165, 1.54) is 53.9 Å². The number of primary amides is 1. The van der Waals surface area contributed by atoms with E-state index >= 15 is 0 Å². The highest BCUT2D eigenvalue weighted by molar-refractivity contribution is 5.87. The number of hydrogen-bond acceptors (Lipinski definition) is 4. The molecular weight excluding hydrogens is 552 g/mol. The third-order valence-electron chi connectivity index (χ3n) is 11.0. The summed E-state index contributed by atoms with van der Waals surface area (Å²) in [6.45, 7) is 5.93. The van der Waals surface area contributed by atoms with Gasteiger partial charge in [0.05, 0.1) is 5.41 Å². The van der Waals surface area contributed by atoms with Crippen molar-refractivity contribution in [2.24, 2.45) is 5.73 Å². The largest absolute Gasteiger partial charge is 0.371 e. The van der Waals surface area contributed by atoms with Crippen LogP contribution in [-0.2, 0) is 10.2 Å². The van der Waals surface area contributed by atoms with Gasteiger partial charge in [0, 0.05) is 56.3 Å². The number of nitrogens with two attached hydrogens (primary N) is 1. The molecule has 2 N–H and O–H groups in total. The summed E-state index contributed by atoms with van der Waals surface area (Å²) in [4.78, 5) is 20.4. The maximum atomic E-state index is 13.0. The highest BCUT2D eigenvalue weighted by Gasteiger charge is 2.41. The van der Waals surface area contributed by atoms with E-state index in [4.69, 9.17) is 5.73 Å². The molecule has 4 aromatic rings. The fourth-order valence-electron chi connectivity index (χ4n) is 8.08. The second-order valence-corrected chi connectivity index (χ2v) is 13.3. The minimum Gasteiger partial charge on any atom is -0.371 e. The summed E-state index contributed by atoms with van der Waals surface area (Å²) in [5, 5.41) is 0. The van der Waals surface area contributed by atoms with Crippen LogP contribution in [0.15, 0.2) is 109 Å². The summed E-state index contributed by atoms with van der Waals surface area (Å²) in [5.74, 6) is 1.10. The summed E-state index contributed by atoms with van der Waals surface area (Å²) in [6.07, 6.45) is 6.20. The van der Waals surface area contributed by atoms with E-state index in [1.54, 1.807) is 0 Å². The molecule has 7 rings (SSSR count). The van der Waals surface area contributed by atoms with E-state index < -0.39 is 5.41 Å². The van der Waals surface area contributed by atoms with Crippen molar-refractivity contribution in [3.05, 3.63) is 126 Å². The van der Waals surface area contributed by atoms with Crippen LogP contribution in [0.5, 0.6) is 0 Å². The third-order valence-corrected chi connectivity index (χ3v) is 11.0. The minimum atomic E-state index is -0.613. The fraction of sp³-hybridized carbons (Fsp3) is 0.375. The van der Waals surface area contributed by atoms with Gasteiger partial charge in [0.25, 0.3) is 0 Å². The van der Waals surface area contributed by atoms with Crippen LogP contribution in [0, 0.1) is 0 Å². The van der Waals surface area contributed by atoms with Crippen molar-refractivity contribution in [2.75, 3.05) is 54.0 Å². The van der Waals surface area contributed by atoms with Crippen LogP contribution >= 0.6 is 0 Å². The van der Waals surface area contributed by atoms with Gasteiger partial charge in [0.15, 0.2) is 0 Å². The van der Waals surface area contributed by atoms with E-state index in [-0.39, 0.29) is 5.91 Å². The Labute approximate surface area is 268 Å². The van der Waals surface area contributed by atoms with E-state index in [1.807, 2.05) is 0 Å². The summed E-state index contributed by atoms with van der Waals surface area (Å²) < 4.78 is 0. The zero-order valence-electron chi connectivity index (χ0n) is 26.4. The van der Waals surface area contributed by atoms with Gasteiger partial charge in [-0.3, -0.25) is 4.79 Å². The summed E-state index contributed by atoms with van der Waals surface area (Å²) in [6, 6.07) is 39.6. The molecule has 3 aliphatic heterocycles. The van der Waals surface area contributed by atoms with Crippen molar-refractivity contribution in [3.63, 3.8) is 0 Å². The van der Waals surface area contributed by atoms with Gasteiger partial charge in [-0.25, -0.2) is 0 Å². The maximum absolute atomic E-state index is 13.0. The first kappa shape index (κ1) is 29.5. The smallest absolute Gasteiger partial charge is 0.228 e. The van der Waals surface area contributed by atoms with Crippen LogP contribution in [0.1, 0.15) is 67.1 Å². The predicted octanol–water partition coefficient (Wildman–Crippen LogP) is 7.48. The van der Waals surface area contributed by atoms with Gasteiger partial charge in [-0.2, -0.15) is 0 Å². The van der Waals surface area contributed by atoms with Gasteiger partial charge >= 0.3 is 0 Å². The van der Waals surface area contributed by atoms with Crippen LogP contribution in [0.2, 0.25) is 0 Å². The van der Waals surface area contributed by atoms with E-state index in [0.29, 0.717) is 11.8 Å². The van der Waals surface area contributed by atoms with Crippen molar-refractivity contribution >= 4 is 23.0 Å². The summed E-state index contributed by atoms with van der Waals surface area (Å²) >= 11 is 0. The lowest BCUT2D eigenvalue weighted by molar-refractivity contribution is -0.124. The Morgan fingerprint density at radius 2 is 0.867 bits per heavy atom. The van der Waals surface area contributed by atoms with Gasteiger partial charge in [0.2, 0.25) is 5.91 Å². The SMILES string of the molecule is NC(=O)C1(c2ccc(N3CCC(c4ccccc4)CC3)cc2)CCN(c2ccc(N3CCC(c4ccccc4)CC3)cc2)CC1. The van der Waals surface area contributed by atoms with Crippen LogP contribution in [-0.4, -0.2) is 45.2 Å². The van der Waals surface area contributed by atoms with Crippen LogP contribution in [0.4, 0.5) is 17.1 Å². The van der Waals surface area contributed by atoms with Crippen LogP contribution < -0.4 is 20.4 Å². The van der Waals surface area contributed by atoms with E-state index in [9.17, 15) is 4.79 Å². The lowest BCUT2D eigenvalue weighted by Gasteiger charge is -2.41. The topological polar surface area (TPSA) is 52.8 Å². The van der Waals surface area contributed by atoms with Crippen molar-refractivity contribution in [1.82, 2.24) is 0 Å². The highest BCUT2D eigenvalue weighted by Crippen LogP contribution is 2.39. The lowest BCUT2D eigenvalue weighted by atomic mass is 9.72.